The smallest absolute Gasteiger partial charge is 0.243 e. The van der Waals surface area contributed by atoms with Crippen molar-refractivity contribution in [2.24, 2.45) is 0 Å². The van der Waals surface area contributed by atoms with E-state index in [1.165, 1.54) is 12.8 Å². The van der Waals surface area contributed by atoms with Gasteiger partial charge in [-0.25, -0.2) is 8.42 Å². The van der Waals surface area contributed by atoms with Gasteiger partial charge in [0.1, 0.15) is 11.8 Å². The zero-order valence-electron chi connectivity index (χ0n) is 15.8. The maximum atomic E-state index is 12.5. The number of nitrogens with one attached hydrogen (secondary N) is 1. The fraction of sp³-hybridized carbons (Fsp3) is 0.611. The topological polar surface area (TPSA) is 79.0 Å². The van der Waals surface area contributed by atoms with E-state index in [-0.39, 0.29) is 5.91 Å². The van der Waals surface area contributed by atoms with Crippen LogP contribution in [-0.2, 0) is 14.8 Å². The number of hydrogen-bond acceptors (Lipinski definition) is 5. The van der Waals surface area contributed by atoms with E-state index in [9.17, 15) is 13.2 Å². The van der Waals surface area contributed by atoms with Crippen LogP contribution >= 0.6 is 0 Å². The van der Waals surface area contributed by atoms with Gasteiger partial charge in [-0.15, -0.1) is 0 Å². The Labute approximate surface area is 156 Å². The molecule has 26 heavy (non-hydrogen) atoms. The maximum Gasteiger partial charge on any atom is 0.243 e. The molecule has 1 aromatic rings. The first-order chi connectivity index (χ1) is 12.3. The normalized spacial score (nSPS) is 16.3. The molecule has 0 radical (unpaired) electrons. The van der Waals surface area contributed by atoms with Crippen molar-refractivity contribution in [3.63, 3.8) is 0 Å². The van der Waals surface area contributed by atoms with Crippen LogP contribution < -0.4 is 14.4 Å². The number of sulfonamides is 1. The number of nitrogens with zero attached hydrogens (tertiary/aromatic N) is 2. The molecule has 1 amide bonds. The molecule has 1 atom stereocenters. The number of carbonyl (C=O) groups is 1. The quantitative estimate of drug-likeness (QED) is 0.653. The number of rotatable bonds is 9. The van der Waals surface area contributed by atoms with Gasteiger partial charge in [-0.05, 0) is 70.1 Å². The van der Waals surface area contributed by atoms with Gasteiger partial charge in [-0.2, -0.15) is 0 Å². The Balaban J connectivity index is 1.96. The van der Waals surface area contributed by atoms with E-state index < -0.39 is 16.1 Å². The second-order valence-electron chi connectivity index (χ2n) is 6.63. The van der Waals surface area contributed by atoms with E-state index in [1.807, 2.05) is 0 Å². The predicted octanol–water partition coefficient (Wildman–Crippen LogP) is 1.45. The molecule has 0 spiro atoms. The highest BCUT2D eigenvalue weighted by Crippen LogP contribution is 2.23. The van der Waals surface area contributed by atoms with E-state index in [4.69, 9.17) is 4.74 Å². The first-order valence-electron chi connectivity index (χ1n) is 8.96. The molecule has 7 nitrogen and oxygen atoms in total. The van der Waals surface area contributed by atoms with Gasteiger partial charge in [-0.1, -0.05) is 0 Å². The van der Waals surface area contributed by atoms with Crippen molar-refractivity contribution in [3.05, 3.63) is 24.3 Å². The first kappa shape index (κ1) is 20.5. The molecule has 0 aromatic heterocycles. The maximum absolute atomic E-state index is 12.5. The van der Waals surface area contributed by atoms with Crippen LogP contribution in [-0.4, -0.2) is 64.8 Å². The Morgan fingerprint density at radius 3 is 2.42 bits per heavy atom. The molecule has 2 rings (SSSR count). The Morgan fingerprint density at radius 1 is 1.27 bits per heavy atom. The van der Waals surface area contributed by atoms with Gasteiger partial charge in [0.15, 0.2) is 0 Å². The minimum absolute atomic E-state index is 0.298. The van der Waals surface area contributed by atoms with E-state index in [2.05, 4.69) is 10.2 Å². The van der Waals surface area contributed by atoms with Crippen LogP contribution in [0.1, 0.15) is 26.2 Å². The highest BCUT2D eigenvalue weighted by atomic mass is 32.2. The third kappa shape index (κ3) is 5.60. The lowest BCUT2D eigenvalue weighted by Gasteiger charge is -2.28. The Kier molecular flexibility index (Phi) is 7.28. The van der Waals surface area contributed by atoms with Crippen molar-refractivity contribution in [1.29, 1.82) is 0 Å². The third-order valence-electron chi connectivity index (χ3n) is 4.56. The summed E-state index contributed by atoms with van der Waals surface area (Å²) in [5, 5.41) is 2.85. The van der Waals surface area contributed by atoms with Crippen LogP contribution in [0.5, 0.6) is 5.75 Å². The molecule has 1 saturated heterocycles. The molecule has 0 bridgehead atoms. The van der Waals surface area contributed by atoms with E-state index in [0.29, 0.717) is 18.0 Å². The number of benzene rings is 1. The molecule has 1 aliphatic heterocycles. The summed E-state index contributed by atoms with van der Waals surface area (Å²) in [6.45, 7) is 5.36. The summed E-state index contributed by atoms with van der Waals surface area (Å²) in [5.74, 6) is 0.328. The summed E-state index contributed by atoms with van der Waals surface area (Å²) < 4.78 is 30.7. The molecule has 0 unspecified atom stereocenters. The van der Waals surface area contributed by atoms with E-state index >= 15 is 0 Å². The minimum Gasteiger partial charge on any atom is -0.497 e. The van der Waals surface area contributed by atoms with Crippen LogP contribution in [0.25, 0.3) is 0 Å². The van der Waals surface area contributed by atoms with Crippen molar-refractivity contribution < 1.29 is 17.9 Å². The molecule has 146 valence electrons. The van der Waals surface area contributed by atoms with Crippen LogP contribution in [0, 0.1) is 0 Å². The first-order valence-corrected chi connectivity index (χ1v) is 10.8. The fourth-order valence-corrected chi connectivity index (χ4v) is 4.38. The molecule has 1 aliphatic rings. The van der Waals surface area contributed by atoms with Crippen molar-refractivity contribution in [3.8, 4) is 5.75 Å². The summed E-state index contributed by atoms with van der Waals surface area (Å²) in [7, 11) is -2.06. The van der Waals surface area contributed by atoms with Crippen molar-refractivity contribution in [2.45, 2.75) is 32.2 Å². The number of carbonyl (C=O) groups excluding carboxylic acids is 1. The number of methoxy groups -OCH3 is 1. The van der Waals surface area contributed by atoms with Crippen LogP contribution in [0.3, 0.4) is 0 Å². The van der Waals surface area contributed by atoms with Gasteiger partial charge < -0.3 is 15.0 Å². The summed E-state index contributed by atoms with van der Waals surface area (Å²) in [5.41, 5.74) is 0.438. The summed E-state index contributed by atoms with van der Waals surface area (Å²) >= 11 is 0. The lowest BCUT2D eigenvalue weighted by Crippen LogP contribution is -2.48. The summed E-state index contributed by atoms with van der Waals surface area (Å²) in [4.78, 5) is 14.9. The van der Waals surface area contributed by atoms with Crippen LogP contribution in [0.2, 0.25) is 0 Å². The number of hydrogen-bond donors (Lipinski definition) is 1. The zero-order valence-corrected chi connectivity index (χ0v) is 16.6. The molecular formula is C18H29N3O4S. The third-order valence-corrected chi connectivity index (χ3v) is 5.81. The highest BCUT2D eigenvalue weighted by molar-refractivity contribution is 7.92. The Morgan fingerprint density at radius 2 is 1.88 bits per heavy atom. The van der Waals surface area contributed by atoms with Gasteiger partial charge in [0.2, 0.25) is 15.9 Å². The molecule has 1 aromatic carbocycles. The molecule has 1 heterocycles. The zero-order chi connectivity index (χ0) is 19.2. The molecule has 8 heteroatoms. The van der Waals surface area contributed by atoms with Gasteiger partial charge in [0.25, 0.3) is 0 Å². The lowest BCUT2D eigenvalue weighted by molar-refractivity contribution is -0.121. The molecule has 0 saturated carbocycles. The molecule has 0 aliphatic carbocycles. The van der Waals surface area contributed by atoms with Crippen molar-refractivity contribution >= 4 is 21.6 Å². The van der Waals surface area contributed by atoms with Gasteiger partial charge in [0.05, 0.1) is 19.1 Å². The monoisotopic (exact) mass is 383 g/mol. The van der Waals surface area contributed by atoms with Gasteiger partial charge in [0, 0.05) is 6.54 Å². The fourth-order valence-electron chi connectivity index (χ4n) is 3.21. The van der Waals surface area contributed by atoms with Gasteiger partial charge >= 0.3 is 0 Å². The molecule has 1 fully saturated rings. The van der Waals surface area contributed by atoms with Gasteiger partial charge in [-0.3, -0.25) is 9.10 Å². The SMILES string of the molecule is COc1ccc(N([C@H](C)C(=O)NCCCN2CCCC2)S(C)(=O)=O)cc1. The Bertz CT molecular complexity index is 685. The second-order valence-corrected chi connectivity index (χ2v) is 8.49. The minimum atomic E-state index is -3.60. The largest absolute Gasteiger partial charge is 0.497 e. The average molecular weight is 384 g/mol. The number of anilines is 1. The lowest BCUT2D eigenvalue weighted by atomic mass is 10.2. The number of likely N-dealkylation sites (tertiary alicyclic amines) is 1. The van der Waals surface area contributed by atoms with E-state index in [0.717, 1.165) is 36.6 Å². The average Bonchev–Trinajstić information content (AvgIpc) is 3.11. The number of ether oxygens (including phenoxy) is 1. The van der Waals surface area contributed by atoms with Crippen molar-refractivity contribution in [1.82, 2.24) is 10.2 Å². The summed E-state index contributed by atoms with van der Waals surface area (Å²) in [6, 6.07) is 5.79. The van der Waals surface area contributed by atoms with E-state index in [1.54, 1.807) is 38.3 Å². The second kappa shape index (κ2) is 9.23. The van der Waals surface area contributed by atoms with Crippen LogP contribution in [0.15, 0.2) is 24.3 Å². The molecule has 1 N–H and O–H groups in total. The standard InChI is InChI=1S/C18H29N3O4S/c1-15(18(22)19-11-6-14-20-12-4-5-13-20)21(26(3,23)24)16-7-9-17(25-2)10-8-16/h7-10,15H,4-6,11-14H2,1-3H3,(H,19,22)/t15-/m1/s1. The highest BCUT2D eigenvalue weighted by Gasteiger charge is 2.28. The summed E-state index contributed by atoms with van der Waals surface area (Å²) in [6.07, 6.45) is 4.46. The van der Waals surface area contributed by atoms with Crippen LogP contribution in [0.4, 0.5) is 5.69 Å². The predicted molar refractivity (Wildman–Crippen MR) is 103 cm³/mol. The molecular weight excluding hydrogens is 354 g/mol. The van der Waals surface area contributed by atoms with Crippen molar-refractivity contribution in [2.75, 3.05) is 43.8 Å². The number of amides is 1. The Hall–Kier alpha value is -1.80.